The van der Waals surface area contributed by atoms with Crippen molar-refractivity contribution < 1.29 is 4.57 Å². The summed E-state index contributed by atoms with van der Waals surface area (Å²) in [5.74, 6) is 1.91. The maximum atomic E-state index is 14.8. The van der Waals surface area contributed by atoms with Crippen LogP contribution in [0.5, 0.6) is 0 Å². The van der Waals surface area contributed by atoms with Gasteiger partial charge in [0.2, 0.25) is 0 Å². The quantitative estimate of drug-likeness (QED) is 0.147. The Bertz CT molecular complexity index is 2650. The molecule has 1 heterocycles. The van der Waals surface area contributed by atoms with Crippen molar-refractivity contribution in [3.8, 4) is 56.4 Å². The molecule has 0 bridgehead atoms. The minimum Gasteiger partial charge on any atom is -0.309 e. The lowest BCUT2D eigenvalue weighted by Crippen LogP contribution is -2.24. The summed E-state index contributed by atoms with van der Waals surface area (Å²) in [5, 5.41) is 4.66. The van der Waals surface area contributed by atoms with E-state index in [-0.39, 0.29) is 0 Å². The lowest BCUT2D eigenvalue weighted by molar-refractivity contribution is 0.592. The van der Waals surface area contributed by atoms with Crippen molar-refractivity contribution >= 4 is 33.8 Å². The third kappa shape index (κ3) is 6.23. The second-order valence-electron chi connectivity index (χ2n) is 13.1. The van der Waals surface area contributed by atoms with Gasteiger partial charge in [0, 0.05) is 32.6 Å². The minimum absolute atomic E-state index is 0.633. The largest absolute Gasteiger partial charge is 0.309 e. The van der Waals surface area contributed by atoms with Gasteiger partial charge in [-0.25, -0.2) is 15.0 Å². The summed E-state index contributed by atoms with van der Waals surface area (Å²) in [6, 6.07) is 69.3. The third-order valence-electron chi connectivity index (χ3n) is 9.86. The maximum absolute atomic E-state index is 14.8. The number of hydrogen-bond donors (Lipinski definition) is 0. The number of nitrogens with zero attached hydrogens (tertiary/aromatic N) is 3. The molecule has 9 rings (SSSR count). The number of benzene rings is 8. The van der Waals surface area contributed by atoms with Crippen LogP contribution in [0.1, 0.15) is 0 Å². The van der Waals surface area contributed by atoms with Crippen LogP contribution in [0.25, 0.3) is 67.2 Å². The van der Waals surface area contributed by atoms with Crippen LogP contribution in [0, 0.1) is 0 Å². The van der Waals surface area contributed by atoms with E-state index in [9.17, 15) is 4.57 Å². The molecule has 0 saturated carbocycles. The van der Waals surface area contributed by atoms with Gasteiger partial charge in [0.1, 0.15) is 0 Å². The first-order chi connectivity index (χ1) is 26.6. The smallest absolute Gasteiger partial charge is 0.171 e. The van der Waals surface area contributed by atoms with Gasteiger partial charge in [0.15, 0.2) is 24.6 Å². The van der Waals surface area contributed by atoms with Gasteiger partial charge in [0.25, 0.3) is 0 Å². The van der Waals surface area contributed by atoms with Gasteiger partial charge in [0.05, 0.1) is 0 Å². The van der Waals surface area contributed by atoms with Crippen LogP contribution in [0.3, 0.4) is 0 Å². The van der Waals surface area contributed by atoms with E-state index in [1.807, 2.05) is 133 Å². The molecule has 54 heavy (non-hydrogen) atoms. The number of hydrogen-bond acceptors (Lipinski definition) is 4. The monoisotopic (exact) mass is 711 g/mol. The highest BCUT2D eigenvalue weighted by molar-refractivity contribution is 7.85. The lowest BCUT2D eigenvalue weighted by Gasteiger charge is -2.20. The van der Waals surface area contributed by atoms with Crippen LogP contribution in [-0.2, 0) is 4.57 Å². The fourth-order valence-electron chi connectivity index (χ4n) is 7.11. The van der Waals surface area contributed by atoms with Crippen molar-refractivity contribution in [2.75, 3.05) is 0 Å². The molecular formula is C49H34N3OP. The fourth-order valence-corrected chi connectivity index (χ4v) is 9.76. The molecule has 0 N–H and O–H groups in total. The van der Waals surface area contributed by atoms with Gasteiger partial charge in [-0.15, -0.1) is 0 Å². The Hall–Kier alpha value is -6.74. The number of rotatable bonds is 8. The van der Waals surface area contributed by atoms with Gasteiger partial charge >= 0.3 is 0 Å². The van der Waals surface area contributed by atoms with E-state index < -0.39 is 7.14 Å². The van der Waals surface area contributed by atoms with Crippen molar-refractivity contribution in [3.63, 3.8) is 0 Å². The zero-order valence-electron chi connectivity index (χ0n) is 29.3. The standard InChI is InChI=1S/C49H34N3OP/c53-54(40-19-9-3-10-20-40,41-21-11-4-12-22-41)42-33-31-36(32-34-42)35-27-29-37(30-28-35)43-23-13-25-45-44(43)24-14-26-46(45)49-51-47(38-15-5-1-6-16-38)50-48(52-49)39-17-7-2-8-18-39/h1-34H. The summed E-state index contributed by atoms with van der Waals surface area (Å²) in [6.07, 6.45) is 0. The first kappa shape index (κ1) is 33.1. The Morgan fingerprint density at radius 2 is 0.648 bits per heavy atom. The predicted octanol–water partition coefficient (Wildman–Crippen LogP) is 11.0. The minimum atomic E-state index is -3.04. The van der Waals surface area contributed by atoms with E-state index in [1.165, 1.54) is 0 Å². The average Bonchev–Trinajstić information content (AvgIpc) is 3.27. The van der Waals surface area contributed by atoms with E-state index >= 15 is 0 Å². The number of fused-ring (bicyclic) bond motifs is 1. The Kier molecular flexibility index (Phi) is 8.80. The molecule has 5 heteroatoms. The third-order valence-corrected chi connectivity index (χ3v) is 12.9. The molecule has 0 atom stereocenters. The normalized spacial score (nSPS) is 11.4. The van der Waals surface area contributed by atoms with E-state index in [0.29, 0.717) is 17.5 Å². The summed E-state index contributed by atoms with van der Waals surface area (Å²) in [7, 11) is -3.04. The molecule has 0 amide bonds. The molecule has 0 radical (unpaired) electrons. The Morgan fingerprint density at radius 1 is 0.278 bits per heavy atom. The van der Waals surface area contributed by atoms with Crippen molar-refractivity contribution in [2.24, 2.45) is 0 Å². The molecule has 0 aliphatic rings. The van der Waals surface area contributed by atoms with Crippen LogP contribution in [0.15, 0.2) is 206 Å². The summed E-state index contributed by atoms with van der Waals surface area (Å²) in [4.78, 5) is 14.9. The van der Waals surface area contributed by atoms with Crippen LogP contribution in [0.2, 0.25) is 0 Å². The Morgan fingerprint density at radius 3 is 1.15 bits per heavy atom. The Labute approximate surface area is 314 Å². The van der Waals surface area contributed by atoms with Gasteiger partial charge in [-0.3, -0.25) is 0 Å². The van der Waals surface area contributed by atoms with E-state index in [2.05, 4.69) is 72.8 Å². The molecule has 8 aromatic carbocycles. The van der Waals surface area contributed by atoms with Gasteiger partial charge in [-0.1, -0.05) is 206 Å². The maximum Gasteiger partial charge on any atom is 0.171 e. The molecule has 1 aromatic heterocycles. The summed E-state index contributed by atoms with van der Waals surface area (Å²) < 4.78 is 14.8. The molecule has 0 fully saturated rings. The molecule has 0 unspecified atom stereocenters. The Balaban J connectivity index is 1.07. The predicted molar refractivity (Wildman–Crippen MR) is 224 cm³/mol. The fraction of sp³-hybridized carbons (Fsp3) is 0. The lowest BCUT2D eigenvalue weighted by atomic mass is 9.94. The van der Waals surface area contributed by atoms with Gasteiger partial charge in [-0.05, 0) is 33.0 Å². The molecule has 9 aromatic rings. The number of aromatic nitrogens is 3. The van der Waals surface area contributed by atoms with E-state index in [4.69, 9.17) is 15.0 Å². The second kappa shape index (κ2) is 14.4. The summed E-state index contributed by atoms with van der Waals surface area (Å²) in [5.41, 5.74) is 7.23. The van der Waals surface area contributed by atoms with Crippen molar-refractivity contribution in [3.05, 3.63) is 206 Å². The molecule has 0 saturated heterocycles. The summed E-state index contributed by atoms with van der Waals surface area (Å²) >= 11 is 0. The average molecular weight is 712 g/mol. The molecule has 4 nitrogen and oxygen atoms in total. The highest BCUT2D eigenvalue weighted by Gasteiger charge is 2.29. The van der Waals surface area contributed by atoms with Crippen molar-refractivity contribution in [1.29, 1.82) is 0 Å². The van der Waals surface area contributed by atoms with Crippen molar-refractivity contribution in [1.82, 2.24) is 15.0 Å². The molecule has 0 spiro atoms. The zero-order valence-corrected chi connectivity index (χ0v) is 30.2. The highest BCUT2D eigenvalue weighted by Crippen LogP contribution is 2.43. The van der Waals surface area contributed by atoms with Crippen LogP contribution in [0.4, 0.5) is 0 Å². The first-order valence-electron chi connectivity index (χ1n) is 18.0. The van der Waals surface area contributed by atoms with Crippen LogP contribution < -0.4 is 15.9 Å². The second-order valence-corrected chi connectivity index (χ2v) is 15.9. The molecule has 0 aliphatic heterocycles. The highest BCUT2D eigenvalue weighted by atomic mass is 31.2. The van der Waals surface area contributed by atoms with Gasteiger partial charge < -0.3 is 4.57 Å². The summed E-state index contributed by atoms with van der Waals surface area (Å²) in [6.45, 7) is 0. The van der Waals surface area contributed by atoms with Gasteiger partial charge in [-0.2, -0.15) is 0 Å². The SMILES string of the molecule is O=P(c1ccccc1)(c1ccccc1)c1ccc(-c2ccc(-c3cccc4c(-c5nc(-c6ccccc6)nc(-c6ccccc6)n5)cccc34)cc2)cc1. The zero-order chi connectivity index (χ0) is 36.3. The van der Waals surface area contributed by atoms with E-state index in [1.54, 1.807) is 0 Å². The molecular weight excluding hydrogens is 678 g/mol. The van der Waals surface area contributed by atoms with E-state index in [0.717, 1.165) is 65.6 Å². The molecule has 0 aliphatic carbocycles. The van der Waals surface area contributed by atoms with Crippen molar-refractivity contribution in [2.45, 2.75) is 0 Å². The van der Waals surface area contributed by atoms with Crippen LogP contribution in [-0.4, -0.2) is 15.0 Å². The topological polar surface area (TPSA) is 55.7 Å². The first-order valence-corrected chi connectivity index (χ1v) is 19.7. The van der Waals surface area contributed by atoms with Crippen LogP contribution >= 0.6 is 7.14 Å². The molecule has 256 valence electrons.